The molecule has 0 unspecified atom stereocenters. The standard InChI is InChI=1S/C16H20N4S/c1-5-20-14(18-19-15(20)21-11-10-17)12-6-8-13(9-7-12)16(2,3)4/h6-9H,5,11H2,1-4H3. The minimum absolute atomic E-state index is 0.144. The predicted molar refractivity (Wildman–Crippen MR) is 86.2 cm³/mol. The molecule has 2 aromatic rings. The molecule has 21 heavy (non-hydrogen) atoms. The van der Waals surface area contributed by atoms with E-state index in [2.05, 4.69) is 68.2 Å². The zero-order chi connectivity index (χ0) is 15.5. The van der Waals surface area contributed by atoms with Crippen molar-refractivity contribution in [2.75, 3.05) is 5.75 Å². The summed E-state index contributed by atoms with van der Waals surface area (Å²) in [4.78, 5) is 0. The van der Waals surface area contributed by atoms with Crippen LogP contribution in [0.15, 0.2) is 29.4 Å². The number of nitrogens with zero attached hydrogens (tertiary/aromatic N) is 4. The highest BCUT2D eigenvalue weighted by molar-refractivity contribution is 7.99. The van der Waals surface area contributed by atoms with Crippen molar-refractivity contribution in [1.29, 1.82) is 5.26 Å². The third kappa shape index (κ3) is 3.45. The largest absolute Gasteiger partial charge is 0.302 e. The summed E-state index contributed by atoms with van der Waals surface area (Å²) in [5.74, 6) is 1.25. The summed E-state index contributed by atoms with van der Waals surface area (Å²) in [6.07, 6.45) is 0. The van der Waals surface area contributed by atoms with Crippen LogP contribution < -0.4 is 0 Å². The molecule has 0 N–H and O–H groups in total. The Hall–Kier alpha value is -1.80. The zero-order valence-electron chi connectivity index (χ0n) is 12.9. The van der Waals surface area contributed by atoms with Crippen LogP contribution in [0, 0.1) is 11.3 Å². The Balaban J connectivity index is 2.34. The molecule has 0 bridgehead atoms. The summed E-state index contributed by atoms with van der Waals surface area (Å²) in [6, 6.07) is 10.6. The monoisotopic (exact) mass is 300 g/mol. The van der Waals surface area contributed by atoms with Crippen molar-refractivity contribution in [3.63, 3.8) is 0 Å². The van der Waals surface area contributed by atoms with Crippen molar-refractivity contribution in [1.82, 2.24) is 14.8 Å². The highest BCUT2D eigenvalue weighted by Crippen LogP contribution is 2.27. The molecular formula is C16H20N4S. The highest BCUT2D eigenvalue weighted by Gasteiger charge is 2.16. The Morgan fingerprint density at radius 1 is 1.19 bits per heavy atom. The first-order chi connectivity index (χ1) is 9.97. The van der Waals surface area contributed by atoms with Crippen molar-refractivity contribution < 1.29 is 0 Å². The number of nitriles is 1. The summed E-state index contributed by atoms with van der Waals surface area (Å²) in [5.41, 5.74) is 2.50. The van der Waals surface area contributed by atoms with Gasteiger partial charge in [0, 0.05) is 12.1 Å². The topological polar surface area (TPSA) is 54.5 Å². The molecule has 0 aliphatic carbocycles. The van der Waals surface area contributed by atoms with Gasteiger partial charge in [-0.15, -0.1) is 10.2 Å². The number of benzene rings is 1. The Labute approximate surface area is 130 Å². The number of hydrogen-bond acceptors (Lipinski definition) is 4. The van der Waals surface area contributed by atoms with E-state index in [0.29, 0.717) is 5.75 Å². The Morgan fingerprint density at radius 3 is 2.38 bits per heavy atom. The first-order valence-corrected chi connectivity index (χ1v) is 7.99. The molecule has 4 nitrogen and oxygen atoms in total. The van der Waals surface area contributed by atoms with E-state index in [1.807, 2.05) is 4.57 Å². The second kappa shape index (κ2) is 6.31. The fraction of sp³-hybridized carbons (Fsp3) is 0.438. The Bertz CT molecular complexity index is 644. The first-order valence-electron chi connectivity index (χ1n) is 7.01. The van der Waals surface area contributed by atoms with Crippen molar-refractivity contribution in [2.24, 2.45) is 0 Å². The quantitative estimate of drug-likeness (QED) is 0.804. The summed E-state index contributed by atoms with van der Waals surface area (Å²) in [6.45, 7) is 9.46. The van der Waals surface area contributed by atoms with Crippen LogP contribution in [0.25, 0.3) is 11.4 Å². The van der Waals surface area contributed by atoms with Crippen molar-refractivity contribution in [2.45, 2.75) is 44.8 Å². The minimum atomic E-state index is 0.144. The summed E-state index contributed by atoms with van der Waals surface area (Å²) in [7, 11) is 0. The van der Waals surface area contributed by atoms with E-state index in [1.165, 1.54) is 17.3 Å². The van der Waals surface area contributed by atoms with Gasteiger partial charge < -0.3 is 4.57 Å². The van der Waals surface area contributed by atoms with Crippen LogP contribution in [0.4, 0.5) is 0 Å². The lowest BCUT2D eigenvalue weighted by Gasteiger charge is -2.19. The van der Waals surface area contributed by atoms with E-state index in [0.717, 1.165) is 23.1 Å². The average molecular weight is 300 g/mol. The molecule has 1 aromatic carbocycles. The third-order valence-corrected chi connectivity index (χ3v) is 4.14. The van der Waals surface area contributed by atoms with E-state index in [-0.39, 0.29) is 5.41 Å². The molecule has 0 saturated carbocycles. The van der Waals surface area contributed by atoms with Crippen LogP contribution in [-0.2, 0) is 12.0 Å². The van der Waals surface area contributed by atoms with Gasteiger partial charge in [0.2, 0.25) is 0 Å². The molecule has 2 rings (SSSR count). The van der Waals surface area contributed by atoms with Gasteiger partial charge in [0.05, 0.1) is 11.8 Å². The first kappa shape index (κ1) is 15.6. The third-order valence-electron chi connectivity index (χ3n) is 3.31. The minimum Gasteiger partial charge on any atom is -0.302 e. The second-order valence-electron chi connectivity index (χ2n) is 5.82. The number of aromatic nitrogens is 3. The molecule has 0 amide bonds. The van der Waals surface area contributed by atoms with Crippen molar-refractivity contribution in [3.8, 4) is 17.5 Å². The Kier molecular flexibility index (Phi) is 4.69. The van der Waals surface area contributed by atoms with Gasteiger partial charge in [-0.05, 0) is 17.9 Å². The number of thioether (sulfide) groups is 1. The maximum absolute atomic E-state index is 8.69. The molecular weight excluding hydrogens is 280 g/mol. The summed E-state index contributed by atoms with van der Waals surface area (Å²) < 4.78 is 2.05. The maximum Gasteiger partial charge on any atom is 0.192 e. The Morgan fingerprint density at radius 2 is 1.86 bits per heavy atom. The van der Waals surface area contributed by atoms with Gasteiger partial charge in [-0.3, -0.25) is 0 Å². The van der Waals surface area contributed by atoms with Gasteiger partial charge in [0.1, 0.15) is 0 Å². The van der Waals surface area contributed by atoms with E-state index in [4.69, 9.17) is 5.26 Å². The normalized spacial score (nSPS) is 11.4. The van der Waals surface area contributed by atoms with Gasteiger partial charge in [0.15, 0.2) is 11.0 Å². The molecule has 0 saturated heterocycles. The van der Waals surface area contributed by atoms with Gasteiger partial charge in [-0.2, -0.15) is 5.26 Å². The van der Waals surface area contributed by atoms with Crippen LogP contribution in [-0.4, -0.2) is 20.5 Å². The van der Waals surface area contributed by atoms with E-state index < -0.39 is 0 Å². The van der Waals surface area contributed by atoms with Gasteiger partial charge in [-0.1, -0.05) is 56.8 Å². The van der Waals surface area contributed by atoms with Crippen LogP contribution in [0.5, 0.6) is 0 Å². The van der Waals surface area contributed by atoms with Crippen LogP contribution in [0.1, 0.15) is 33.3 Å². The molecule has 0 aliphatic heterocycles. The molecule has 0 radical (unpaired) electrons. The van der Waals surface area contributed by atoms with E-state index in [9.17, 15) is 0 Å². The molecule has 0 fully saturated rings. The van der Waals surface area contributed by atoms with Crippen molar-refractivity contribution in [3.05, 3.63) is 29.8 Å². The molecule has 110 valence electrons. The molecule has 0 atom stereocenters. The van der Waals surface area contributed by atoms with Gasteiger partial charge in [0.25, 0.3) is 0 Å². The molecule has 1 heterocycles. The molecule has 0 aliphatic rings. The number of hydrogen-bond donors (Lipinski definition) is 0. The molecule has 5 heteroatoms. The smallest absolute Gasteiger partial charge is 0.192 e. The molecule has 0 spiro atoms. The highest BCUT2D eigenvalue weighted by atomic mass is 32.2. The van der Waals surface area contributed by atoms with Crippen LogP contribution >= 0.6 is 11.8 Å². The summed E-state index contributed by atoms with van der Waals surface area (Å²) in [5, 5.41) is 18.0. The maximum atomic E-state index is 8.69. The van der Waals surface area contributed by atoms with Gasteiger partial charge >= 0.3 is 0 Å². The lowest BCUT2D eigenvalue weighted by atomic mass is 9.87. The fourth-order valence-corrected chi connectivity index (χ4v) is 2.77. The van der Waals surface area contributed by atoms with E-state index in [1.54, 1.807) is 0 Å². The van der Waals surface area contributed by atoms with Gasteiger partial charge in [-0.25, -0.2) is 0 Å². The zero-order valence-corrected chi connectivity index (χ0v) is 13.7. The lowest BCUT2D eigenvalue weighted by molar-refractivity contribution is 0.590. The summed E-state index contributed by atoms with van der Waals surface area (Å²) >= 11 is 1.42. The van der Waals surface area contributed by atoms with Crippen LogP contribution in [0.3, 0.4) is 0 Å². The lowest BCUT2D eigenvalue weighted by Crippen LogP contribution is -2.10. The van der Waals surface area contributed by atoms with Crippen molar-refractivity contribution >= 4 is 11.8 Å². The van der Waals surface area contributed by atoms with Crippen LogP contribution in [0.2, 0.25) is 0 Å². The van der Waals surface area contributed by atoms with E-state index >= 15 is 0 Å². The predicted octanol–water partition coefficient (Wildman–Crippen LogP) is 3.88. The average Bonchev–Trinajstić information content (AvgIpc) is 2.87. The second-order valence-corrected chi connectivity index (χ2v) is 6.77. The number of rotatable bonds is 4. The fourth-order valence-electron chi connectivity index (χ4n) is 2.11. The SMILES string of the molecule is CCn1c(SCC#N)nnc1-c1ccc(C(C)(C)C)cc1. The molecule has 1 aromatic heterocycles.